The molecule has 1 aliphatic heterocycles. The van der Waals surface area contributed by atoms with E-state index in [9.17, 15) is 0 Å². The van der Waals surface area contributed by atoms with Gasteiger partial charge in [-0.15, -0.1) is 0 Å². The fraction of sp³-hybridized carbons (Fsp3) is 0.188. The zero-order valence-corrected chi connectivity index (χ0v) is 10.9. The smallest absolute Gasteiger partial charge is 0.0992 e. The Labute approximate surface area is 113 Å². The molecule has 19 heavy (non-hydrogen) atoms. The number of nitrogens with zero attached hydrogens (tertiary/aromatic N) is 2. The Balaban J connectivity index is 2.09. The summed E-state index contributed by atoms with van der Waals surface area (Å²) in [5.41, 5.74) is 5.36. The van der Waals surface area contributed by atoms with Gasteiger partial charge in [0, 0.05) is 18.8 Å². The van der Waals surface area contributed by atoms with Crippen LogP contribution in [0.25, 0.3) is 0 Å². The van der Waals surface area contributed by atoms with Gasteiger partial charge in [-0.3, -0.25) is 0 Å². The minimum absolute atomic E-state index is 0.692. The summed E-state index contributed by atoms with van der Waals surface area (Å²) in [4.78, 5) is 2.31. The third-order valence-corrected chi connectivity index (χ3v) is 3.47. The van der Waals surface area contributed by atoms with Crippen LogP contribution in [0.15, 0.2) is 42.5 Å². The summed E-state index contributed by atoms with van der Waals surface area (Å²) in [5.74, 6) is 0. The van der Waals surface area contributed by atoms with E-state index in [-0.39, 0.29) is 0 Å². The average molecular weight is 249 g/mol. The molecule has 0 aromatic heterocycles. The first kappa shape index (κ1) is 11.6. The SMILES string of the molecule is Cc1ccccc1N1CCNc2cc(C#N)ccc21. The minimum atomic E-state index is 0.692. The summed E-state index contributed by atoms with van der Waals surface area (Å²) < 4.78 is 0. The molecule has 0 amide bonds. The van der Waals surface area contributed by atoms with E-state index in [0.29, 0.717) is 5.56 Å². The molecular weight excluding hydrogens is 234 g/mol. The lowest BCUT2D eigenvalue weighted by atomic mass is 10.1. The molecule has 0 saturated carbocycles. The largest absolute Gasteiger partial charge is 0.382 e. The van der Waals surface area contributed by atoms with E-state index in [2.05, 4.69) is 47.5 Å². The number of para-hydroxylation sites is 1. The molecule has 1 heterocycles. The normalized spacial score (nSPS) is 13.4. The number of anilines is 3. The third kappa shape index (κ3) is 2.02. The Bertz CT molecular complexity index is 655. The molecule has 2 aromatic carbocycles. The van der Waals surface area contributed by atoms with Crippen LogP contribution in [0.4, 0.5) is 17.1 Å². The third-order valence-electron chi connectivity index (χ3n) is 3.47. The summed E-state index contributed by atoms with van der Waals surface area (Å²) in [6, 6.07) is 16.4. The Morgan fingerprint density at radius 3 is 2.79 bits per heavy atom. The fourth-order valence-corrected chi connectivity index (χ4v) is 2.52. The van der Waals surface area contributed by atoms with Crippen LogP contribution in [0.2, 0.25) is 0 Å². The summed E-state index contributed by atoms with van der Waals surface area (Å²) >= 11 is 0. The van der Waals surface area contributed by atoms with Crippen LogP contribution < -0.4 is 10.2 Å². The lowest BCUT2D eigenvalue weighted by Gasteiger charge is -2.33. The molecular formula is C16H15N3. The molecule has 0 atom stereocenters. The van der Waals surface area contributed by atoms with Crippen LogP contribution in [0.3, 0.4) is 0 Å². The molecule has 3 heteroatoms. The molecule has 0 unspecified atom stereocenters. The lowest BCUT2D eigenvalue weighted by Crippen LogP contribution is -2.30. The number of rotatable bonds is 1. The highest BCUT2D eigenvalue weighted by Gasteiger charge is 2.19. The van der Waals surface area contributed by atoms with Crippen molar-refractivity contribution in [1.82, 2.24) is 0 Å². The van der Waals surface area contributed by atoms with Crippen molar-refractivity contribution in [2.45, 2.75) is 6.92 Å². The molecule has 2 aromatic rings. The number of hydrogen-bond donors (Lipinski definition) is 1. The van der Waals surface area contributed by atoms with Crippen LogP contribution in [0.1, 0.15) is 11.1 Å². The number of aryl methyl sites for hydroxylation is 1. The molecule has 0 radical (unpaired) electrons. The highest BCUT2D eigenvalue weighted by atomic mass is 15.2. The first-order valence-electron chi connectivity index (χ1n) is 6.41. The van der Waals surface area contributed by atoms with Gasteiger partial charge < -0.3 is 10.2 Å². The van der Waals surface area contributed by atoms with Gasteiger partial charge in [0.15, 0.2) is 0 Å². The number of hydrogen-bond acceptors (Lipinski definition) is 3. The van der Waals surface area contributed by atoms with E-state index < -0.39 is 0 Å². The minimum Gasteiger partial charge on any atom is -0.382 e. The van der Waals surface area contributed by atoms with Crippen LogP contribution in [-0.4, -0.2) is 13.1 Å². The van der Waals surface area contributed by atoms with Crippen molar-refractivity contribution in [2.24, 2.45) is 0 Å². The van der Waals surface area contributed by atoms with E-state index >= 15 is 0 Å². The van der Waals surface area contributed by atoms with Crippen molar-refractivity contribution >= 4 is 17.1 Å². The molecule has 0 saturated heterocycles. The maximum atomic E-state index is 8.97. The van der Waals surface area contributed by atoms with Gasteiger partial charge in [0.2, 0.25) is 0 Å². The first-order valence-corrected chi connectivity index (χ1v) is 6.41. The van der Waals surface area contributed by atoms with Crippen LogP contribution in [0, 0.1) is 18.3 Å². The van der Waals surface area contributed by atoms with Crippen molar-refractivity contribution in [2.75, 3.05) is 23.3 Å². The van der Waals surface area contributed by atoms with E-state index in [4.69, 9.17) is 5.26 Å². The van der Waals surface area contributed by atoms with Gasteiger partial charge in [-0.25, -0.2) is 0 Å². The van der Waals surface area contributed by atoms with E-state index in [1.54, 1.807) is 0 Å². The Morgan fingerprint density at radius 2 is 2.00 bits per heavy atom. The summed E-state index contributed by atoms with van der Waals surface area (Å²) in [6.07, 6.45) is 0. The van der Waals surface area contributed by atoms with Crippen molar-refractivity contribution < 1.29 is 0 Å². The number of fused-ring (bicyclic) bond motifs is 1. The highest BCUT2D eigenvalue weighted by molar-refractivity contribution is 5.80. The second-order valence-electron chi connectivity index (χ2n) is 4.71. The van der Waals surface area contributed by atoms with E-state index in [0.717, 1.165) is 24.5 Å². The molecule has 3 nitrogen and oxygen atoms in total. The Hall–Kier alpha value is -2.47. The predicted molar refractivity (Wildman–Crippen MR) is 77.8 cm³/mol. The van der Waals surface area contributed by atoms with Gasteiger partial charge in [0.05, 0.1) is 23.0 Å². The maximum absolute atomic E-state index is 8.97. The molecule has 0 bridgehead atoms. The van der Waals surface area contributed by atoms with E-state index in [1.807, 2.05) is 18.2 Å². The average Bonchev–Trinajstić information content (AvgIpc) is 2.46. The second-order valence-corrected chi connectivity index (χ2v) is 4.71. The van der Waals surface area contributed by atoms with Crippen LogP contribution in [-0.2, 0) is 0 Å². The highest BCUT2D eigenvalue weighted by Crippen LogP contribution is 2.36. The van der Waals surface area contributed by atoms with Gasteiger partial charge in [-0.05, 0) is 36.8 Å². The topological polar surface area (TPSA) is 39.1 Å². The van der Waals surface area contributed by atoms with Crippen molar-refractivity contribution in [3.05, 3.63) is 53.6 Å². The van der Waals surface area contributed by atoms with Gasteiger partial charge in [0.1, 0.15) is 0 Å². The number of nitrogens with one attached hydrogen (secondary N) is 1. The molecule has 0 aliphatic carbocycles. The van der Waals surface area contributed by atoms with E-state index in [1.165, 1.54) is 11.3 Å². The van der Waals surface area contributed by atoms with Crippen molar-refractivity contribution in [1.29, 1.82) is 5.26 Å². The number of nitriles is 1. The fourth-order valence-electron chi connectivity index (χ4n) is 2.52. The Morgan fingerprint density at radius 1 is 1.16 bits per heavy atom. The van der Waals surface area contributed by atoms with Gasteiger partial charge in [-0.2, -0.15) is 5.26 Å². The summed E-state index contributed by atoms with van der Waals surface area (Å²) in [5, 5.41) is 12.3. The van der Waals surface area contributed by atoms with Crippen molar-refractivity contribution in [3.63, 3.8) is 0 Å². The zero-order valence-electron chi connectivity index (χ0n) is 10.9. The van der Waals surface area contributed by atoms with Crippen molar-refractivity contribution in [3.8, 4) is 6.07 Å². The lowest BCUT2D eigenvalue weighted by molar-refractivity contribution is 0.922. The molecule has 3 rings (SSSR count). The Kier molecular flexibility index (Phi) is 2.85. The second kappa shape index (κ2) is 4.66. The standard InChI is InChI=1S/C16H15N3/c1-12-4-2-3-5-15(12)19-9-8-18-14-10-13(11-17)6-7-16(14)19/h2-7,10,18H,8-9H2,1H3. The molecule has 0 spiro atoms. The summed E-state index contributed by atoms with van der Waals surface area (Å²) in [6.45, 7) is 3.95. The van der Waals surface area contributed by atoms with Crippen LogP contribution >= 0.6 is 0 Å². The molecule has 1 N–H and O–H groups in total. The zero-order chi connectivity index (χ0) is 13.2. The molecule has 1 aliphatic rings. The first-order chi connectivity index (χ1) is 9.29. The van der Waals surface area contributed by atoms with Gasteiger partial charge in [-0.1, -0.05) is 18.2 Å². The molecule has 0 fully saturated rings. The predicted octanol–water partition coefficient (Wildman–Crippen LogP) is 3.43. The van der Waals surface area contributed by atoms with Gasteiger partial charge >= 0.3 is 0 Å². The number of benzene rings is 2. The molecule has 94 valence electrons. The maximum Gasteiger partial charge on any atom is 0.0992 e. The van der Waals surface area contributed by atoms with Gasteiger partial charge in [0.25, 0.3) is 0 Å². The van der Waals surface area contributed by atoms with Crippen LogP contribution in [0.5, 0.6) is 0 Å². The summed E-state index contributed by atoms with van der Waals surface area (Å²) in [7, 11) is 0. The quantitative estimate of drug-likeness (QED) is 0.841. The monoisotopic (exact) mass is 249 g/mol.